The Balaban J connectivity index is 2.09. The molecule has 0 aliphatic rings. The first-order valence-electron chi connectivity index (χ1n) is 6.46. The zero-order chi connectivity index (χ0) is 13.2. The van der Waals surface area contributed by atoms with E-state index in [0.29, 0.717) is 0 Å². The monoisotopic (exact) mass is 251 g/mol. The highest BCUT2D eigenvalue weighted by molar-refractivity contribution is 5.82. The maximum Gasteiger partial charge on any atom is 0.120 e. The van der Waals surface area contributed by atoms with Crippen molar-refractivity contribution in [1.82, 2.24) is 4.57 Å². The van der Waals surface area contributed by atoms with Crippen molar-refractivity contribution in [3.05, 3.63) is 65.9 Å². The minimum absolute atomic E-state index is 0.892. The number of nitrogens with zero attached hydrogens (tertiary/aromatic N) is 1. The predicted octanol–water partition coefficient (Wildman–Crippen LogP) is 4.01. The highest BCUT2D eigenvalue weighted by Crippen LogP contribution is 2.25. The van der Waals surface area contributed by atoms with Crippen molar-refractivity contribution in [2.24, 2.45) is 0 Å². The molecule has 1 heterocycles. The van der Waals surface area contributed by atoms with Crippen LogP contribution in [0.25, 0.3) is 10.9 Å². The number of hydrogen-bond donors (Lipinski definition) is 0. The Hall–Kier alpha value is -2.22. The summed E-state index contributed by atoms with van der Waals surface area (Å²) in [4.78, 5) is 0. The third-order valence-electron chi connectivity index (χ3n) is 3.50. The van der Waals surface area contributed by atoms with Crippen molar-refractivity contribution in [1.29, 1.82) is 0 Å². The normalized spacial score (nSPS) is 10.8. The molecule has 1 aromatic heterocycles. The van der Waals surface area contributed by atoms with E-state index in [4.69, 9.17) is 4.74 Å². The highest BCUT2D eigenvalue weighted by Gasteiger charge is 2.07. The van der Waals surface area contributed by atoms with Crippen LogP contribution < -0.4 is 4.74 Å². The van der Waals surface area contributed by atoms with Crippen molar-refractivity contribution < 1.29 is 4.74 Å². The van der Waals surface area contributed by atoms with Crippen LogP contribution in [0.5, 0.6) is 5.75 Å². The number of hydrogen-bond acceptors (Lipinski definition) is 1. The van der Waals surface area contributed by atoms with Crippen molar-refractivity contribution in [3.8, 4) is 5.75 Å². The molecule has 0 saturated heterocycles. The number of aryl methyl sites for hydroxylation is 1. The van der Waals surface area contributed by atoms with Crippen LogP contribution in [0.2, 0.25) is 0 Å². The Morgan fingerprint density at radius 1 is 1.00 bits per heavy atom. The van der Waals surface area contributed by atoms with Gasteiger partial charge in [0, 0.05) is 23.7 Å². The van der Waals surface area contributed by atoms with Gasteiger partial charge in [-0.15, -0.1) is 0 Å². The average Bonchev–Trinajstić information content (AvgIpc) is 2.76. The molecule has 0 fully saturated rings. The maximum atomic E-state index is 5.32. The fourth-order valence-electron chi connectivity index (χ4n) is 2.48. The number of benzene rings is 2. The van der Waals surface area contributed by atoms with Crippen LogP contribution in [-0.2, 0) is 6.54 Å². The van der Waals surface area contributed by atoms with Crippen LogP contribution in [0.1, 0.15) is 11.3 Å². The molecular weight excluding hydrogens is 234 g/mol. The second kappa shape index (κ2) is 4.81. The van der Waals surface area contributed by atoms with Gasteiger partial charge in [-0.2, -0.15) is 0 Å². The summed E-state index contributed by atoms with van der Waals surface area (Å²) >= 11 is 0. The summed E-state index contributed by atoms with van der Waals surface area (Å²) in [5.41, 5.74) is 3.80. The quantitative estimate of drug-likeness (QED) is 0.686. The largest absolute Gasteiger partial charge is 0.497 e. The summed E-state index contributed by atoms with van der Waals surface area (Å²) in [5.74, 6) is 0.903. The molecule has 2 aromatic carbocycles. The van der Waals surface area contributed by atoms with E-state index in [-0.39, 0.29) is 0 Å². The topological polar surface area (TPSA) is 14.2 Å². The van der Waals surface area contributed by atoms with E-state index >= 15 is 0 Å². The molecule has 3 aromatic rings. The first-order chi connectivity index (χ1) is 9.28. The summed E-state index contributed by atoms with van der Waals surface area (Å²) in [6, 6.07) is 19.0. The van der Waals surface area contributed by atoms with Gasteiger partial charge in [-0.05, 0) is 30.7 Å². The molecule has 0 N–H and O–H groups in total. The lowest BCUT2D eigenvalue weighted by molar-refractivity contribution is 0.415. The van der Waals surface area contributed by atoms with Gasteiger partial charge in [0.25, 0.3) is 0 Å². The second-order valence-electron chi connectivity index (χ2n) is 4.78. The van der Waals surface area contributed by atoms with Crippen LogP contribution in [0, 0.1) is 6.92 Å². The lowest BCUT2D eigenvalue weighted by Gasteiger charge is -2.09. The minimum atomic E-state index is 0.892. The second-order valence-corrected chi connectivity index (χ2v) is 4.78. The van der Waals surface area contributed by atoms with E-state index < -0.39 is 0 Å². The van der Waals surface area contributed by atoms with Crippen LogP contribution in [-0.4, -0.2) is 11.7 Å². The number of aromatic nitrogens is 1. The molecule has 0 radical (unpaired) electrons. The summed E-state index contributed by atoms with van der Waals surface area (Å²) < 4.78 is 7.65. The smallest absolute Gasteiger partial charge is 0.120 e. The van der Waals surface area contributed by atoms with Gasteiger partial charge < -0.3 is 9.30 Å². The van der Waals surface area contributed by atoms with Gasteiger partial charge in [-0.25, -0.2) is 0 Å². The predicted molar refractivity (Wildman–Crippen MR) is 78.8 cm³/mol. The van der Waals surface area contributed by atoms with Gasteiger partial charge in [0.15, 0.2) is 0 Å². The molecule has 0 amide bonds. The van der Waals surface area contributed by atoms with Gasteiger partial charge in [0.05, 0.1) is 12.6 Å². The molecule has 0 aliphatic carbocycles. The van der Waals surface area contributed by atoms with Crippen LogP contribution >= 0.6 is 0 Å². The van der Waals surface area contributed by atoms with Gasteiger partial charge in [0.2, 0.25) is 0 Å². The number of ether oxygens (including phenoxy) is 1. The molecule has 0 bridgehead atoms. The molecule has 0 spiro atoms. The molecule has 0 unspecified atom stereocenters. The van der Waals surface area contributed by atoms with Crippen molar-refractivity contribution >= 4 is 10.9 Å². The molecule has 3 rings (SSSR count). The van der Waals surface area contributed by atoms with Crippen LogP contribution in [0.15, 0.2) is 54.6 Å². The van der Waals surface area contributed by atoms with E-state index in [1.807, 2.05) is 12.1 Å². The van der Waals surface area contributed by atoms with Crippen molar-refractivity contribution in [3.63, 3.8) is 0 Å². The lowest BCUT2D eigenvalue weighted by Crippen LogP contribution is -2.01. The minimum Gasteiger partial charge on any atom is -0.497 e. The van der Waals surface area contributed by atoms with E-state index in [2.05, 4.69) is 54.0 Å². The zero-order valence-electron chi connectivity index (χ0n) is 11.3. The molecular formula is C17H17NO. The van der Waals surface area contributed by atoms with E-state index in [9.17, 15) is 0 Å². The Labute approximate surface area is 113 Å². The summed E-state index contributed by atoms with van der Waals surface area (Å²) in [5, 5.41) is 1.26. The Morgan fingerprint density at radius 2 is 1.79 bits per heavy atom. The molecule has 19 heavy (non-hydrogen) atoms. The van der Waals surface area contributed by atoms with Gasteiger partial charge in [0.1, 0.15) is 5.75 Å². The zero-order valence-corrected chi connectivity index (χ0v) is 11.3. The number of methoxy groups -OCH3 is 1. The summed E-state index contributed by atoms with van der Waals surface area (Å²) in [6.45, 7) is 3.04. The van der Waals surface area contributed by atoms with Crippen LogP contribution in [0.3, 0.4) is 0 Å². The third-order valence-corrected chi connectivity index (χ3v) is 3.50. The number of fused-ring (bicyclic) bond motifs is 1. The molecule has 2 nitrogen and oxygen atoms in total. The van der Waals surface area contributed by atoms with E-state index in [1.54, 1.807) is 7.11 Å². The SMILES string of the molecule is COc1ccc2cc(C)n(Cc3ccccc3)c2c1. The van der Waals surface area contributed by atoms with Crippen LogP contribution in [0.4, 0.5) is 0 Å². The van der Waals surface area contributed by atoms with E-state index in [1.165, 1.54) is 22.2 Å². The van der Waals surface area contributed by atoms with Gasteiger partial charge in [-0.3, -0.25) is 0 Å². The lowest BCUT2D eigenvalue weighted by atomic mass is 10.2. The maximum absolute atomic E-state index is 5.32. The molecule has 96 valence electrons. The van der Waals surface area contributed by atoms with Crippen molar-refractivity contribution in [2.45, 2.75) is 13.5 Å². The fraction of sp³-hybridized carbons (Fsp3) is 0.176. The first-order valence-corrected chi connectivity index (χ1v) is 6.46. The first kappa shape index (κ1) is 11.8. The molecule has 0 aliphatic heterocycles. The summed E-state index contributed by atoms with van der Waals surface area (Å²) in [7, 11) is 1.71. The Bertz CT molecular complexity index is 698. The van der Waals surface area contributed by atoms with Gasteiger partial charge in [-0.1, -0.05) is 30.3 Å². The summed E-state index contributed by atoms with van der Waals surface area (Å²) in [6.07, 6.45) is 0. The standard InChI is InChI=1S/C17H17NO/c1-13-10-15-8-9-16(19-2)11-17(15)18(13)12-14-6-4-3-5-7-14/h3-11H,12H2,1-2H3. The Kier molecular flexibility index (Phi) is 3.00. The van der Waals surface area contributed by atoms with E-state index in [0.717, 1.165) is 12.3 Å². The highest BCUT2D eigenvalue weighted by atomic mass is 16.5. The third kappa shape index (κ3) is 2.22. The molecule has 2 heteroatoms. The molecule has 0 atom stereocenters. The van der Waals surface area contributed by atoms with Crippen molar-refractivity contribution in [2.75, 3.05) is 7.11 Å². The molecule has 0 saturated carbocycles. The average molecular weight is 251 g/mol. The van der Waals surface area contributed by atoms with Gasteiger partial charge >= 0.3 is 0 Å². The fourth-order valence-corrected chi connectivity index (χ4v) is 2.48. The number of rotatable bonds is 3. The Morgan fingerprint density at radius 3 is 2.53 bits per heavy atom.